The van der Waals surface area contributed by atoms with Crippen molar-refractivity contribution in [3.05, 3.63) is 34.0 Å². The number of halogens is 4. The number of rotatable bonds is 2. The lowest BCUT2D eigenvalue weighted by atomic mass is 10.3. The Labute approximate surface area is 119 Å². The molecule has 0 bridgehead atoms. The molecule has 2 rings (SSSR count). The van der Waals surface area contributed by atoms with Crippen molar-refractivity contribution in [1.82, 2.24) is 9.97 Å². The van der Waals surface area contributed by atoms with Gasteiger partial charge in [-0.05, 0) is 28.1 Å². The van der Waals surface area contributed by atoms with Crippen LogP contribution < -0.4 is 0 Å². The minimum atomic E-state index is -4.40. The molecule has 1 unspecified atom stereocenters. The van der Waals surface area contributed by atoms with Crippen LogP contribution in [0.25, 0.3) is 10.6 Å². The molecule has 0 amide bonds. The van der Waals surface area contributed by atoms with Gasteiger partial charge < -0.3 is 0 Å². The lowest BCUT2D eigenvalue weighted by molar-refractivity contribution is -0.128. The van der Waals surface area contributed by atoms with E-state index in [1.54, 1.807) is 24.5 Å². The van der Waals surface area contributed by atoms with Crippen LogP contribution in [0.2, 0.25) is 0 Å². The average Bonchev–Trinajstić information content (AvgIpc) is 2.70. The van der Waals surface area contributed by atoms with E-state index in [4.69, 9.17) is 0 Å². The number of nitrogens with zero attached hydrogens (tertiary/aromatic N) is 2. The van der Waals surface area contributed by atoms with Crippen molar-refractivity contribution >= 4 is 39.9 Å². The summed E-state index contributed by atoms with van der Waals surface area (Å²) < 4.78 is 38.0. The maximum atomic E-state index is 12.6. The first-order valence-electron chi connectivity index (χ1n) is 4.71. The zero-order valence-electron chi connectivity index (χ0n) is 8.65. The molecule has 0 saturated carbocycles. The van der Waals surface area contributed by atoms with Gasteiger partial charge in [0.25, 0.3) is 0 Å². The molecule has 96 valence electrons. The van der Waals surface area contributed by atoms with Crippen LogP contribution in [-0.2, 0) is 0 Å². The Morgan fingerprint density at radius 3 is 2.67 bits per heavy atom. The van der Waals surface area contributed by atoms with Crippen LogP contribution in [0.5, 0.6) is 0 Å². The summed E-state index contributed by atoms with van der Waals surface area (Å²) in [4.78, 5) is 8.01. The van der Waals surface area contributed by atoms with Crippen LogP contribution in [0.1, 0.15) is 10.1 Å². The average molecular weight is 355 g/mol. The molecule has 0 aliphatic rings. The molecule has 18 heavy (non-hydrogen) atoms. The van der Waals surface area contributed by atoms with Crippen molar-refractivity contribution in [2.24, 2.45) is 0 Å². The summed E-state index contributed by atoms with van der Waals surface area (Å²) in [5.74, 6) is 0. The Morgan fingerprint density at radius 2 is 2.11 bits per heavy atom. The van der Waals surface area contributed by atoms with Gasteiger partial charge in [-0.15, -0.1) is 11.3 Å². The molecule has 0 aromatic carbocycles. The predicted octanol–water partition coefficient (Wildman–Crippen LogP) is 4.50. The number of hydrogen-bond acceptors (Lipinski definition) is 4. The van der Waals surface area contributed by atoms with Crippen molar-refractivity contribution in [3.63, 3.8) is 0 Å². The molecule has 8 heteroatoms. The third kappa shape index (κ3) is 2.86. The molecule has 0 spiro atoms. The summed E-state index contributed by atoms with van der Waals surface area (Å²) in [7, 11) is 0. The van der Waals surface area contributed by atoms with Gasteiger partial charge in [0.05, 0.1) is 4.88 Å². The first-order chi connectivity index (χ1) is 8.39. The molecule has 0 aliphatic carbocycles. The zero-order chi connectivity index (χ0) is 13.3. The molecular formula is C10H6BrF3N2S2. The lowest BCUT2D eigenvalue weighted by Crippen LogP contribution is -2.14. The van der Waals surface area contributed by atoms with Crippen molar-refractivity contribution in [1.29, 1.82) is 0 Å². The van der Waals surface area contributed by atoms with Gasteiger partial charge in [-0.1, -0.05) is 0 Å². The van der Waals surface area contributed by atoms with Crippen LogP contribution in [-0.4, -0.2) is 16.1 Å². The quantitative estimate of drug-likeness (QED) is 0.803. The van der Waals surface area contributed by atoms with Gasteiger partial charge in [0.2, 0.25) is 0 Å². The van der Waals surface area contributed by atoms with E-state index in [9.17, 15) is 13.2 Å². The standard InChI is InChI=1S/C10H6BrF3N2S2/c11-8-6(7(17)10(12,13)14)18-9(16-8)5-2-1-3-15-4-5/h1-4,7,17H. The minimum Gasteiger partial charge on any atom is -0.264 e. The molecular weight excluding hydrogens is 349 g/mol. The van der Waals surface area contributed by atoms with Gasteiger partial charge >= 0.3 is 6.18 Å². The van der Waals surface area contributed by atoms with E-state index in [0.29, 0.717) is 10.6 Å². The van der Waals surface area contributed by atoms with E-state index in [1.165, 1.54) is 0 Å². The van der Waals surface area contributed by atoms with E-state index < -0.39 is 11.4 Å². The summed E-state index contributed by atoms with van der Waals surface area (Å²) in [5.41, 5.74) is 0.678. The fourth-order valence-electron chi connectivity index (χ4n) is 1.24. The van der Waals surface area contributed by atoms with Crippen LogP contribution in [0.4, 0.5) is 13.2 Å². The molecule has 0 N–H and O–H groups in total. The van der Waals surface area contributed by atoms with Crippen LogP contribution in [0.3, 0.4) is 0 Å². The molecule has 0 radical (unpaired) electrons. The highest BCUT2D eigenvalue weighted by molar-refractivity contribution is 9.10. The smallest absolute Gasteiger partial charge is 0.264 e. The maximum Gasteiger partial charge on any atom is 0.405 e. The second-order valence-corrected chi connectivity index (χ2v) is 5.66. The highest BCUT2D eigenvalue weighted by atomic mass is 79.9. The normalized spacial score (nSPS) is 13.6. The Balaban J connectivity index is 2.39. The van der Waals surface area contributed by atoms with E-state index in [0.717, 1.165) is 11.3 Å². The van der Waals surface area contributed by atoms with Crippen molar-refractivity contribution in [2.75, 3.05) is 0 Å². The SMILES string of the molecule is FC(F)(F)C(S)c1sc(-c2cccnc2)nc1Br. The number of pyridine rings is 1. The van der Waals surface area contributed by atoms with Crippen molar-refractivity contribution in [3.8, 4) is 10.6 Å². The number of alkyl halides is 3. The van der Waals surface area contributed by atoms with Gasteiger partial charge in [-0.3, -0.25) is 4.98 Å². The van der Waals surface area contributed by atoms with Crippen LogP contribution in [0, 0.1) is 0 Å². The summed E-state index contributed by atoms with van der Waals surface area (Å²) in [6.45, 7) is 0. The highest BCUT2D eigenvalue weighted by Gasteiger charge is 2.40. The fraction of sp³-hybridized carbons (Fsp3) is 0.200. The molecule has 0 aliphatic heterocycles. The number of thiazole rings is 1. The van der Waals surface area contributed by atoms with Gasteiger partial charge in [-0.2, -0.15) is 25.8 Å². The molecule has 2 aromatic heterocycles. The highest BCUT2D eigenvalue weighted by Crippen LogP contribution is 2.44. The third-order valence-corrected chi connectivity index (χ3v) is 4.84. The predicted molar refractivity (Wildman–Crippen MR) is 70.8 cm³/mol. The van der Waals surface area contributed by atoms with Crippen molar-refractivity contribution in [2.45, 2.75) is 11.4 Å². The summed E-state index contributed by atoms with van der Waals surface area (Å²) >= 11 is 7.59. The molecule has 2 aromatic rings. The number of hydrogen-bond donors (Lipinski definition) is 1. The number of aromatic nitrogens is 2. The van der Waals surface area contributed by atoms with Gasteiger partial charge in [0, 0.05) is 18.0 Å². The molecule has 2 nitrogen and oxygen atoms in total. The Hall–Kier alpha value is -0.600. The second kappa shape index (κ2) is 5.18. The third-order valence-electron chi connectivity index (χ3n) is 2.08. The number of thiol groups is 1. The Morgan fingerprint density at radius 1 is 1.39 bits per heavy atom. The maximum absolute atomic E-state index is 12.6. The largest absolute Gasteiger partial charge is 0.405 e. The van der Waals surface area contributed by atoms with E-state index in [1.807, 2.05) is 0 Å². The fourth-order valence-corrected chi connectivity index (χ4v) is 3.43. The van der Waals surface area contributed by atoms with Crippen LogP contribution in [0.15, 0.2) is 29.1 Å². The first-order valence-corrected chi connectivity index (χ1v) is 6.83. The molecule has 2 heterocycles. The summed E-state index contributed by atoms with van der Waals surface area (Å²) in [6.07, 6.45) is -1.26. The lowest BCUT2D eigenvalue weighted by Gasteiger charge is -2.12. The second-order valence-electron chi connectivity index (χ2n) is 3.36. The first kappa shape index (κ1) is 13.8. The molecule has 0 fully saturated rings. The Bertz CT molecular complexity index is 542. The van der Waals surface area contributed by atoms with E-state index >= 15 is 0 Å². The molecule has 1 atom stereocenters. The monoisotopic (exact) mass is 354 g/mol. The van der Waals surface area contributed by atoms with E-state index in [-0.39, 0.29) is 9.48 Å². The summed E-state index contributed by atoms with van der Waals surface area (Å²) in [5, 5.41) is -1.36. The zero-order valence-corrected chi connectivity index (χ0v) is 11.9. The molecule has 0 saturated heterocycles. The summed E-state index contributed by atoms with van der Waals surface area (Å²) in [6, 6.07) is 3.44. The van der Waals surface area contributed by atoms with Gasteiger partial charge in [-0.25, -0.2) is 4.98 Å². The van der Waals surface area contributed by atoms with Gasteiger partial charge in [0.15, 0.2) is 0 Å². The minimum absolute atomic E-state index is 0.0460. The topological polar surface area (TPSA) is 25.8 Å². The van der Waals surface area contributed by atoms with E-state index in [2.05, 4.69) is 38.5 Å². The van der Waals surface area contributed by atoms with Crippen LogP contribution >= 0.6 is 39.9 Å². The van der Waals surface area contributed by atoms with Crippen molar-refractivity contribution < 1.29 is 13.2 Å². The Kier molecular flexibility index (Phi) is 3.98. The van der Waals surface area contributed by atoms with Gasteiger partial charge in [0.1, 0.15) is 14.9 Å².